The van der Waals surface area contributed by atoms with E-state index >= 15 is 0 Å². The Morgan fingerprint density at radius 1 is 1.04 bits per heavy atom. The number of methoxy groups -OCH3 is 1. The van der Waals surface area contributed by atoms with Gasteiger partial charge in [0.05, 0.1) is 7.11 Å². The maximum absolute atomic E-state index is 12.3. The lowest BCUT2D eigenvalue weighted by Crippen LogP contribution is -2.30. The van der Waals surface area contributed by atoms with Crippen molar-refractivity contribution in [1.29, 1.82) is 0 Å². The fourth-order valence-electron chi connectivity index (χ4n) is 2.25. The second-order valence-corrected chi connectivity index (χ2v) is 5.67. The number of ether oxygens (including phenoxy) is 2. The van der Waals surface area contributed by atoms with Gasteiger partial charge in [0.15, 0.2) is 6.10 Å². The first-order valence-electron chi connectivity index (χ1n) is 7.71. The molecule has 1 atom stereocenters. The zero-order chi connectivity index (χ0) is 16.8. The summed E-state index contributed by atoms with van der Waals surface area (Å²) in [6.45, 7) is 5.94. The van der Waals surface area contributed by atoms with Crippen LogP contribution in [0, 0.1) is 0 Å². The van der Waals surface area contributed by atoms with Crippen molar-refractivity contribution in [3.8, 4) is 11.5 Å². The molecule has 1 N–H and O–H groups in total. The number of anilines is 1. The summed E-state index contributed by atoms with van der Waals surface area (Å²) in [4.78, 5) is 12.3. The first-order valence-corrected chi connectivity index (χ1v) is 7.71. The minimum absolute atomic E-state index is 0.197. The minimum Gasteiger partial charge on any atom is -0.497 e. The molecule has 0 saturated carbocycles. The average molecular weight is 313 g/mol. The lowest BCUT2D eigenvalue weighted by atomic mass is 10.0. The van der Waals surface area contributed by atoms with Gasteiger partial charge >= 0.3 is 0 Å². The van der Waals surface area contributed by atoms with E-state index in [4.69, 9.17) is 9.47 Å². The van der Waals surface area contributed by atoms with E-state index in [-0.39, 0.29) is 5.91 Å². The molecule has 0 spiro atoms. The van der Waals surface area contributed by atoms with Crippen LogP contribution < -0.4 is 14.8 Å². The molecule has 1 amide bonds. The highest BCUT2D eigenvalue weighted by molar-refractivity contribution is 5.94. The Kier molecular flexibility index (Phi) is 5.63. The van der Waals surface area contributed by atoms with Crippen LogP contribution in [0.3, 0.4) is 0 Å². The zero-order valence-electron chi connectivity index (χ0n) is 14.0. The van der Waals surface area contributed by atoms with Crippen molar-refractivity contribution in [1.82, 2.24) is 0 Å². The third kappa shape index (κ3) is 4.49. The van der Waals surface area contributed by atoms with E-state index < -0.39 is 6.10 Å². The lowest BCUT2D eigenvalue weighted by Gasteiger charge is -2.18. The van der Waals surface area contributed by atoms with E-state index in [1.54, 1.807) is 20.1 Å². The van der Waals surface area contributed by atoms with Crippen molar-refractivity contribution in [3.63, 3.8) is 0 Å². The number of benzene rings is 2. The van der Waals surface area contributed by atoms with Crippen molar-refractivity contribution in [3.05, 3.63) is 54.1 Å². The van der Waals surface area contributed by atoms with E-state index in [1.165, 1.54) is 0 Å². The molecule has 0 radical (unpaired) electrons. The molecule has 0 aliphatic carbocycles. The van der Waals surface area contributed by atoms with Gasteiger partial charge in [-0.15, -0.1) is 0 Å². The summed E-state index contributed by atoms with van der Waals surface area (Å²) in [5.74, 6) is 1.58. The Morgan fingerprint density at radius 2 is 1.78 bits per heavy atom. The maximum Gasteiger partial charge on any atom is 0.265 e. The van der Waals surface area contributed by atoms with Crippen molar-refractivity contribution in [2.75, 3.05) is 12.4 Å². The summed E-state index contributed by atoms with van der Waals surface area (Å²) in [6, 6.07) is 15.0. The predicted molar refractivity (Wildman–Crippen MR) is 92.2 cm³/mol. The van der Waals surface area contributed by atoms with Gasteiger partial charge in [-0.1, -0.05) is 38.1 Å². The summed E-state index contributed by atoms with van der Waals surface area (Å²) in [6.07, 6.45) is -0.596. The van der Waals surface area contributed by atoms with Gasteiger partial charge in [0.2, 0.25) is 0 Å². The standard InChI is InChI=1S/C19H23NO3/c1-13(2)17-10-5-6-11-18(17)23-14(3)19(21)20-15-8-7-9-16(12-15)22-4/h5-14H,1-4H3,(H,20,21)/t14-/m1/s1. The Hall–Kier alpha value is -2.49. The van der Waals surface area contributed by atoms with Crippen LogP contribution in [0.2, 0.25) is 0 Å². The highest BCUT2D eigenvalue weighted by atomic mass is 16.5. The molecular formula is C19H23NO3. The molecule has 0 aromatic heterocycles. The molecule has 0 heterocycles. The lowest BCUT2D eigenvalue weighted by molar-refractivity contribution is -0.122. The highest BCUT2D eigenvalue weighted by Crippen LogP contribution is 2.27. The quantitative estimate of drug-likeness (QED) is 0.868. The third-order valence-electron chi connectivity index (χ3n) is 3.55. The summed E-state index contributed by atoms with van der Waals surface area (Å²) in [7, 11) is 1.59. The second kappa shape index (κ2) is 7.68. The van der Waals surface area contributed by atoms with Gasteiger partial charge in [-0.2, -0.15) is 0 Å². The molecular weight excluding hydrogens is 290 g/mol. The van der Waals surface area contributed by atoms with Gasteiger partial charge in [0.1, 0.15) is 11.5 Å². The van der Waals surface area contributed by atoms with Crippen LogP contribution in [0.5, 0.6) is 11.5 Å². The Morgan fingerprint density at radius 3 is 2.48 bits per heavy atom. The number of carbonyl (C=O) groups is 1. The van der Waals surface area contributed by atoms with Gasteiger partial charge < -0.3 is 14.8 Å². The van der Waals surface area contributed by atoms with E-state index in [9.17, 15) is 4.79 Å². The predicted octanol–water partition coefficient (Wildman–Crippen LogP) is 4.22. The van der Waals surface area contributed by atoms with Gasteiger partial charge in [-0.05, 0) is 36.6 Å². The monoisotopic (exact) mass is 313 g/mol. The van der Waals surface area contributed by atoms with Gasteiger partial charge in [0, 0.05) is 11.8 Å². The van der Waals surface area contributed by atoms with Gasteiger partial charge in [-0.25, -0.2) is 0 Å². The van der Waals surface area contributed by atoms with Gasteiger partial charge in [-0.3, -0.25) is 4.79 Å². The zero-order valence-corrected chi connectivity index (χ0v) is 14.0. The van der Waals surface area contributed by atoms with Crippen molar-refractivity contribution < 1.29 is 14.3 Å². The fraction of sp³-hybridized carbons (Fsp3) is 0.316. The van der Waals surface area contributed by atoms with Crippen molar-refractivity contribution in [2.24, 2.45) is 0 Å². The van der Waals surface area contributed by atoms with Crippen LogP contribution in [-0.4, -0.2) is 19.1 Å². The third-order valence-corrected chi connectivity index (χ3v) is 3.55. The molecule has 4 heteroatoms. The number of amides is 1. The first kappa shape index (κ1) is 16.9. The first-order chi connectivity index (χ1) is 11.0. The van der Waals surface area contributed by atoms with Crippen LogP contribution in [0.4, 0.5) is 5.69 Å². The highest BCUT2D eigenvalue weighted by Gasteiger charge is 2.17. The van der Waals surface area contributed by atoms with Crippen molar-refractivity contribution in [2.45, 2.75) is 32.8 Å². The molecule has 0 bridgehead atoms. The van der Waals surface area contributed by atoms with Crippen LogP contribution in [-0.2, 0) is 4.79 Å². The van der Waals surface area contributed by atoms with E-state index in [1.807, 2.05) is 42.5 Å². The summed E-state index contributed by atoms with van der Waals surface area (Å²) >= 11 is 0. The summed E-state index contributed by atoms with van der Waals surface area (Å²) in [5, 5.41) is 2.84. The number of rotatable bonds is 6. The van der Waals surface area contributed by atoms with E-state index in [0.717, 1.165) is 11.3 Å². The smallest absolute Gasteiger partial charge is 0.265 e. The van der Waals surface area contributed by atoms with Gasteiger partial charge in [0.25, 0.3) is 5.91 Å². The molecule has 0 fully saturated rings. The largest absolute Gasteiger partial charge is 0.497 e. The number of hydrogen-bond donors (Lipinski definition) is 1. The normalized spacial score (nSPS) is 11.9. The molecule has 0 saturated heterocycles. The SMILES string of the molecule is COc1cccc(NC(=O)[C@@H](C)Oc2ccccc2C(C)C)c1. The number of para-hydroxylation sites is 1. The number of carbonyl (C=O) groups excluding carboxylic acids is 1. The molecule has 23 heavy (non-hydrogen) atoms. The summed E-state index contributed by atoms with van der Waals surface area (Å²) < 4.78 is 11.0. The van der Waals surface area contributed by atoms with E-state index in [2.05, 4.69) is 19.2 Å². The molecule has 4 nitrogen and oxygen atoms in total. The number of nitrogens with one attached hydrogen (secondary N) is 1. The topological polar surface area (TPSA) is 47.6 Å². The number of hydrogen-bond acceptors (Lipinski definition) is 3. The van der Waals surface area contributed by atoms with Crippen LogP contribution in [0.25, 0.3) is 0 Å². The molecule has 122 valence electrons. The maximum atomic E-state index is 12.3. The molecule has 2 aromatic rings. The van der Waals surface area contributed by atoms with Crippen LogP contribution >= 0.6 is 0 Å². The van der Waals surface area contributed by atoms with E-state index in [0.29, 0.717) is 17.4 Å². The van der Waals surface area contributed by atoms with Crippen LogP contribution in [0.1, 0.15) is 32.3 Å². The Bertz CT molecular complexity index is 667. The fourth-order valence-corrected chi connectivity index (χ4v) is 2.25. The Balaban J connectivity index is 2.05. The minimum atomic E-state index is -0.596. The Labute approximate surface area is 137 Å². The molecule has 0 aliphatic rings. The second-order valence-electron chi connectivity index (χ2n) is 5.67. The molecule has 0 aliphatic heterocycles. The average Bonchev–Trinajstić information content (AvgIpc) is 2.55. The van der Waals surface area contributed by atoms with Crippen LogP contribution in [0.15, 0.2) is 48.5 Å². The van der Waals surface area contributed by atoms with Crippen molar-refractivity contribution >= 4 is 11.6 Å². The molecule has 2 rings (SSSR count). The molecule has 0 unspecified atom stereocenters. The molecule has 2 aromatic carbocycles. The summed E-state index contributed by atoms with van der Waals surface area (Å²) in [5.41, 5.74) is 1.77.